The van der Waals surface area contributed by atoms with Gasteiger partial charge in [0.2, 0.25) is 0 Å². The number of hydrogen-bond acceptors (Lipinski definition) is 1. The first-order valence-electron chi connectivity index (χ1n) is 3.77. The molecule has 0 aliphatic carbocycles. The molecule has 0 bridgehead atoms. The molecule has 0 radical (unpaired) electrons. The van der Waals surface area contributed by atoms with Crippen LogP contribution in [0.15, 0.2) is 35.7 Å². The zero-order chi connectivity index (χ0) is 9.26. The molecule has 0 fully saturated rings. The fraction of sp³-hybridized carbons (Fsp3) is 0. The molecule has 1 heterocycles. The Balaban J connectivity index is 2.59. The molecule has 0 spiro atoms. The van der Waals surface area contributed by atoms with Crippen molar-refractivity contribution in [3.8, 4) is 11.1 Å². The van der Waals surface area contributed by atoms with Crippen LogP contribution in [-0.2, 0) is 0 Å². The SMILES string of the molecule is Fc1ccccc1-c1ccsc1F. The molecule has 3 heteroatoms. The lowest BCUT2D eigenvalue weighted by Crippen LogP contribution is -1.82. The van der Waals surface area contributed by atoms with E-state index in [1.54, 1.807) is 29.6 Å². The Bertz CT molecular complexity index is 420. The molecular formula is C10H6F2S. The molecule has 0 aliphatic heterocycles. The predicted molar refractivity (Wildman–Crippen MR) is 49.7 cm³/mol. The van der Waals surface area contributed by atoms with Gasteiger partial charge in [0.25, 0.3) is 0 Å². The van der Waals surface area contributed by atoms with E-state index in [-0.39, 0.29) is 10.9 Å². The number of halogens is 2. The highest BCUT2D eigenvalue weighted by Crippen LogP contribution is 2.28. The summed E-state index contributed by atoms with van der Waals surface area (Å²) in [6, 6.07) is 7.75. The fourth-order valence-electron chi connectivity index (χ4n) is 1.17. The minimum atomic E-state index is -0.389. The molecule has 0 aliphatic rings. The van der Waals surface area contributed by atoms with E-state index in [9.17, 15) is 8.78 Å². The molecule has 0 unspecified atom stereocenters. The molecule has 0 amide bonds. The van der Waals surface area contributed by atoms with Gasteiger partial charge in [-0.25, -0.2) is 4.39 Å². The van der Waals surface area contributed by atoms with Crippen molar-refractivity contribution in [2.45, 2.75) is 0 Å². The highest BCUT2D eigenvalue weighted by molar-refractivity contribution is 7.08. The van der Waals surface area contributed by atoms with Gasteiger partial charge in [-0.2, -0.15) is 4.39 Å². The van der Waals surface area contributed by atoms with E-state index in [4.69, 9.17) is 0 Å². The molecule has 1 aromatic heterocycles. The van der Waals surface area contributed by atoms with Crippen molar-refractivity contribution in [2.24, 2.45) is 0 Å². The lowest BCUT2D eigenvalue weighted by molar-refractivity contribution is 0.625. The van der Waals surface area contributed by atoms with Gasteiger partial charge in [-0.15, -0.1) is 11.3 Å². The third kappa shape index (κ3) is 1.47. The van der Waals surface area contributed by atoms with Crippen molar-refractivity contribution >= 4 is 11.3 Å². The maximum Gasteiger partial charge on any atom is 0.184 e. The van der Waals surface area contributed by atoms with Gasteiger partial charge in [0.15, 0.2) is 5.13 Å². The standard InChI is InChI=1S/C10H6F2S/c11-9-4-2-1-3-7(9)8-5-6-13-10(8)12/h1-6H. The minimum absolute atomic E-state index is 0.321. The molecule has 0 atom stereocenters. The van der Waals surface area contributed by atoms with Crippen LogP contribution in [0.1, 0.15) is 0 Å². The van der Waals surface area contributed by atoms with Gasteiger partial charge in [-0.3, -0.25) is 0 Å². The Morgan fingerprint density at radius 3 is 2.31 bits per heavy atom. The summed E-state index contributed by atoms with van der Waals surface area (Å²) >= 11 is 0.975. The van der Waals surface area contributed by atoms with Gasteiger partial charge in [-0.1, -0.05) is 18.2 Å². The first-order chi connectivity index (χ1) is 6.29. The maximum absolute atomic E-state index is 13.2. The van der Waals surface area contributed by atoms with Gasteiger partial charge in [0.1, 0.15) is 5.82 Å². The number of rotatable bonds is 1. The average Bonchev–Trinajstić information content (AvgIpc) is 2.52. The summed E-state index contributed by atoms with van der Waals surface area (Å²) in [5.41, 5.74) is 0.657. The third-order valence-corrected chi connectivity index (χ3v) is 2.48. The summed E-state index contributed by atoms with van der Waals surface area (Å²) in [6.07, 6.45) is 0. The summed E-state index contributed by atoms with van der Waals surface area (Å²) in [4.78, 5) is 0. The molecule has 0 nitrogen and oxygen atoms in total. The smallest absolute Gasteiger partial charge is 0.184 e. The van der Waals surface area contributed by atoms with Gasteiger partial charge < -0.3 is 0 Å². The first-order valence-corrected chi connectivity index (χ1v) is 4.65. The normalized spacial score (nSPS) is 10.3. The van der Waals surface area contributed by atoms with E-state index in [0.29, 0.717) is 11.1 Å². The van der Waals surface area contributed by atoms with Crippen molar-refractivity contribution < 1.29 is 8.78 Å². The lowest BCUT2D eigenvalue weighted by atomic mass is 10.1. The van der Waals surface area contributed by atoms with Gasteiger partial charge in [0.05, 0.1) is 0 Å². The number of thiophene rings is 1. The van der Waals surface area contributed by atoms with Crippen molar-refractivity contribution in [2.75, 3.05) is 0 Å². The van der Waals surface area contributed by atoms with Crippen LogP contribution < -0.4 is 0 Å². The van der Waals surface area contributed by atoms with Crippen LogP contribution in [0, 0.1) is 10.9 Å². The van der Waals surface area contributed by atoms with Crippen LogP contribution in [0.5, 0.6) is 0 Å². The summed E-state index contributed by atoms with van der Waals surface area (Å²) in [5.74, 6) is -0.389. The Morgan fingerprint density at radius 2 is 1.69 bits per heavy atom. The number of hydrogen-bond donors (Lipinski definition) is 0. The van der Waals surface area contributed by atoms with E-state index < -0.39 is 0 Å². The fourth-order valence-corrected chi connectivity index (χ4v) is 1.79. The monoisotopic (exact) mass is 196 g/mol. The Morgan fingerprint density at radius 1 is 0.923 bits per heavy atom. The molecule has 2 rings (SSSR count). The highest BCUT2D eigenvalue weighted by atomic mass is 32.1. The van der Waals surface area contributed by atoms with Crippen molar-refractivity contribution in [1.82, 2.24) is 0 Å². The van der Waals surface area contributed by atoms with Gasteiger partial charge in [-0.05, 0) is 17.5 Å². The third-order valence-electron chi connectivity index (χ3n) is 1.78. The number of benzene rings is 1. The molecular weight excluding hydrogens is 190 g/mol. The second-order valence-electron chi connectivity index (χ2n) is 2.59. The molecule has 2 aromatic rings. The Hall–Kier alpha value is -1.22. The predicted octanol–water partition coefficient (Wildman–Crippen LogP) is 3.69. The average molecular weight is 196 g/mol. The summed E-state index contributed by atoms with van der Waals surface area (Å²) in [5, 5.41) is 1.27. The summed E-state index contributed by atoms with van der Waals surface area (Å²) < 4.78 is 26.2. The Labute approximate surface area is 78.5 Å². The van der Waals surface area contributed by atoms with E-state index in [2.05, 4.69) is 0 Å². The quantitative estimate of drug-likeness (QED) is 0.652. The largest absolute Gasteiger partial charge is 0.206 e. The van der Waals surface area contributed by atoms with Crippen LogP contribution in [0.25, 0.3) is 11.1 Å². The maximum atomic E-state index is 13.2. The van der Waals surface area contributed by atoms with Crippen molar-refractivity contribution in [3.05, 3.63) is 46.7 Å². The van der Waals surface area contributed by atoms with Crippen LogP contribution >= 0.6 is 11.3 Å². The van der Waals surface area contributed by atoms with E-state index >= 15 is 0 Å². The molecule has 0 N–H and O–H groups in total. The van der Waals surface area contributed by atoms with Crippen LogP contribution in [-0.4, -0.2) is 0 Å². The summed E-state index contributed by atoms with van der Waals surface area (Å²) in [6.45, 7) is 0. The summed E-state index contributed by atoms with van der Waals surface area (Å²) in [7, 11) is 0. The van der Waals surface area contributed by atoms with Crippen LogP contribution in [0.4, 0.5) is 8.78 Å². The van der Waals surface area contributed by atoms with Crippen LogP contribution in [0.3, 0.4) is 0 Å². The molecule has 0 saturated carbocycles. The zero-order valence-electron chi connectivity index (χ0n) is 6.63. The second kappa shape index (κ2) is 3.26. The molecule has 0 saturated heterocycles. The van der Waals surface area contributed by atoms with Gasteiger partial charge >= 0.3 is 0 Å². The van der Waals surface area contributed by atoms with E-state index in [1.807, 2.05) is 0 Å². The Kier molecular flexibility index (Phi) is 2.10. The molecule has 13 heavy (non-hydrogen) atoms. The minimum Gasteiger partial charge on any atom is -0.206 e. The van der Waals surface area contributed by atoms with E-state index in [0.717, 1.165) is 11.3 Å². The molecule has 1 aromatic carbocycles. The lowest BCUT2D eigenvalue weighted by Gasteiger charge is -1.98. The second-order valence-corrected chi connectivity index (χ2v) is 3.45. The van der Waals surface area contributed by atoms with Gasteiger partial charge in [0, 0.05) is 11.1 Å². The highest BCUT2D eigenvalue weighted by Gasteiger charge is 2.09. The molecule has 66 valence electrons. The first kappa shape index (κ1) is 8.38. The van der Waals surface area contributed by atoms with E-state index in [1.165, 1.54) is 6.07 Å². The van der Waals surface area contributed by atoms with Crippen LogP contribution in [0.2, 0.25) is 0 Å². The topological polar surface area (TPSA) is 0 Å². The zero-order valence-corrected chi connectivity index (χ0v) is 7.44. The van der Waals surface area contributed by atoms with Crippen molar-refractivity contribution in [3.63, 3.8) is 0 Å². The van der Waals surface area contributed by atoms with Crippen molar-refractivity contribution in [1.29, 1.82) is 0 Å².